The van der Waals surface area contributed by atoms with E-state index in [0.717, 1.165) is 5.56 Å². The van der Waals surface area contributed by atoms with E-state index in [2.05, 4.69) is 15.8 Å². The molecule has 2 aromatic rings. The van der Waals surface area contributed by atoms with Crippen molar-refractivity contribution in [2.24, 2.45) is 5.92 Å². The second kappa shape index (κ2) is 12.2. The third-order valence-electron chi connectivity index (χ3n) is 4.27. The maximum absolute atomic E-state index is 12.5. The van der Waals surface area contributed by atoms with Gasteiger partial charge in [0.2, 0.25) is 11.8 Å². The molecule has 9 heteroatoms. The Balaban J connectivity index is 1.92. The molecule has 0 aliphatic heterocycles. The van der Waals surface area contributed by atoms with Crippen molar-refractivity contribution < 1.29 is 23.6 Å². The summed E-state index contributed by atoms with van der Waals surface area (Å²) in [6.07, 6.45) is 0. The molecule has 1 unspecified atom stereocenters. The van der Waals surface area contributed by atoms with Crippen molar-refractivity contribution in [1.29, 1.82) is 0 Å². The second-order valence-corrected chi connectivity index (χ2v) is 8.21. The molecule has 170 valence electrons. The van der Waals surface area contributed by atoms with Crippen LogP contribution < -0.4 is 20.1 Å². The lowest BCUT2D eigenvalue weighted by Gasteiger charge is -2.24. The van der Waals surface area contributed by atoms with Crippen LogP contribution in [-0.2, 0) is 9.59 Å². The fraction of sp³-hybridized carbons (Fsp3) is 0.500. The van der Waals surface area contributed by atoms with Crippen LogP contribution >= 0.6 is 11.8 Å². The molecule has 0 fully saturated rings. The van der Waals surface area contributed by atoms with Gasteiger partial charge in [0.05, 0.1) is 30.8 Å². The first-order valence-electron chi connectivity index (χ1n) is 10.3. The van der Waals surface area contributed by atoms with Crippen LogP contribution in [0.4, 0.5) is 5.82 Å². The Morgan fingerprint density at radius 3 is 2.35 bits per heavy atom. The van der Waals surface area contributed by atoms with Gasteiger partial charge in [-0.15, -0.1) is 11.8 Å². The average Bonchev–Trinajstić information content (AvgIpc) is 3.12. The molecule has 0 radical (unpaired) electrons. The Hall–Kier alpha value is -2.68. The topological polar surface area (TPSA) is 103 Å². The number of anilines is 1. The van der Waals surface area contributed by atoms with Gasteiger partial charge in [-0.05, 0) is 44.4 Å². The van der Waals surface area contributed by atoms with Crippen LogP contribution in [0.25, 0.3) is 0 Å². The molecule has 0 spiro atoms. The first-order chi connectivity index (χ1) is 14.8. The van der Waals surface area contributed by atoms with Gasteiger partial charge >= 0.3 is 0 Å². The number of ether oxygens (including phenoxy) is 2. The summed E-state index contributed by atoms with van der Waals surface area (Å²) in [6.45, 7) is 10.7. The third kappa shape index (κ3) is 7.82. The van der Waals surface area contributed by atoms with Crippen molar-refractivity contribution in [3.8, 4) is 11.5 Å². The number of carbonyl (C=O) groups excluding carboxylic acids is 2. The Morgan fingerprint density at radius 2 is 1.74 bits per heavy atom. The lowest BCUT2D eigenvalue weighted by Crippen LogP contribution is -2.33. The van der Waals surface area contributed by atoms with Crippen molar-refractivity contribution >= 4 is 29.4 Å². The number of amides is 2. The fourth-order valence-electron chi connectivity index (χ4n) is 2.95. The minimum atomic E-state index is -0.237. The molecule has 1 atom stereocenters. The highest BCUT2D eigenvalue weighted by Crippen LogP contribution is 2.33. The highest BCUT2D eigenvalue weighted by molar-refractivity contribution is 8.00. The van der Waals surface area contributed by atoms with E-state index in [1.165, 1.54) is 11.8 Å². The van der Waals surface area contributed by atoms with Crippen LogP contribution in [0.2, 0.25) is 0 Å². The van der Waals surface area contributed by atoms with Crippen LogP contribution in [0.15, 0.2) is 28.8 Å². The van der Waals surface area contributed by atoms with E-state index in [4.69, 9.17) is 14.0 Å². The summed E-state index contributed by atoms with van der Waals surface area (Å²) in [5.41, 5.74) is 0.944. The number of rotatable bonds is 12. The first-order valence-corrected chi connectivity index (χ1v) is 11.5. The fourth-order valence-corrected chi connectivity index (χ4v) is 3.58. The van der Waals surface area contributed by atoms with Crippen LogP contribution in [0.1, 0.15) is 45.1 Å². The Bertz CT molecular complexity index is 869. The predicted molar refractivity (Wildman–Crippen MR) is 122 cm³/mol. The average molecular weight is 450 g/mol. The molecule has 0 aliphatic rings. The summed E-state index contributed by atoms with van der Waals surface area (Å²) in [5.74, 6) is 2.44. The van der Waals surface area contributed by atoms with Crippen LogP contribution in [-0.4, -0.2) is 41.7 Å². The smallest absolute Gasteiger partial charge is 0.235 e. The summed E-state index contributed by atoms with van der Waals surface area (Å²) >= 11 is 1.24. The molecule has 0 aliphatic carbocycles. The lowest BCUT2D eigenvalue weighted by atomic mass is 9.95. The van der Waals surface area contributed by atoms with Crippen LogP contribution in [0, 0.1) is 12.8 Å². The number of nitrogens with one attached hydrogen (secondary N) is 2. The Morgan fingerprint density at radius 1 is 1.06 bits per heavy atom. The minimum absolute atomic E-state index is 0.138. The normalized spacial score (nSPS) is 11.8. The number of thioether (sulfide) groups is 1. The number of aromatic nitrogens is 1. The van der Waals surface area contributed by atoms with E-state index < -0.39 is 0 Å². The molecule has 8 nitrogen and oxygen atoms in total. The summed E-state index contributed by atoms with van der Waals surface area (Å²) < 4.78 is 16.2. The quantitative estimate of drug-likeness (QED) is 0.505. The van der Waals surface area contributed by atoms with Crippen LogP contribution in [0.5, 0.6) is 11.5 Å². The van der Waals surface area contributed by atoms with Crippen LogP contribution in [0.3, 0.4) is 0 Å². The van der Waals surface area contributed by atoms with Gasteiger partial charge in [-0.25, -0.2) is 0 Å². The van der Waals surface area contributed by atoms with E-state index in [1.54, 1.807) is 13.0 Å². The molecule has 31 heavy (non-hydrogen) atoms. The van der Waals surface area contributed by atoms with E-state index in [9.17, 15) is 9.59 Å². The first kappa shape index (κ1) is 24.6. The molecule has 2 N–H and O–H groups in total. The number of carbonyl (C=O) groups is 2. The maximum Gasteiger partial charge on any atom is 0.235 e. The van der Waals surface area contributed by atoms with Gasteiger partial charge in [-0.3, -0.25) is 9.59 Å². The van der Waals surface area contributed by atoms with E-state index >= 15 is 0 Å². The van der Waals surface area contributed by atoms with Gasteiger partial charge in [-0.2, -0.15) is 0 Å². The summed E-state index contributed by atoms with van der Waals surface area (Å²) in [6, 6.07) is 7.18. The SMILES string of the molecule is CCOc1ccc(C(NC(=O)CSCC(=O)Nc2cc(C)on2)C(C)C)cc1OCC. The van der Waals surface area contributed by atoms with Crippen molar-refractivity contribution in [1.82, 2.24) is 10.5 Å². The Kier molecular flexibility index (Phi) is 9.71. The molecule has 1 aromatic carbocycles. The van der Waals surface area contributed by atoms with Crippen molar-refractivity contribution in [2.45, 2.75) is 40.7 Å². The van der Waals surface area contributed by atoms with E-state index in [1.807, 2.05) is 45.9 Å². The monoisotopic (exact) mass is 449 g/mol. The van der Waals surface area contributed by atoms with Gasteiger partial charge in [0.15, 0.2) is 17.3 Å². The van der Waals surface area contributed by atoms with Crippen molar-refractivity contribution in [3.05, 3.63) is 35.6 Å². The molecule has 0 saturated carbocycles. The number of aryl methyl sites for hydroxylation is 1. The van der Waals surface area contributed by atoms with Gasteiger partial charge in [0, 0.05) is 6.07 Å². The highest BCUT2D eigenvalue weighted by atomic mass is 32.2. The molecule has 1 heterocycles. The van der Waals surface area contributed by atoms with Crippen molar-refractivity contribution in [3.63, 3.8) is 0 Å². The third-order valence-corrected chi connectivity index (χ3v) is 5.20. The molecule has 0 saturated heterocycles. The molecular formula is C22H31N3O5S. The maximum atomic E-state index is 12.5. The summed E-state index contributed by atoms with van der Waals surface area (Å²) in [5, 5.41) is 9.41. The molecule has 2 amide bonds. The minimum Gasteiger partial charge on any atom is -0.490 e. The van der Waals surface area contributed by atoms with Gasteiger partial charge in [0.1, 0.15) is 5.76 Å². The predicted octanol–water partition coefficient (Wildman–Crippen LogP) is 3.97. The zero-order chi connectivity index (χ0) is 22.8. The van der Waals surface area contributed by atoms with Gasteiger partial charge in [-0.1, -0.05) is 25.1 Å². The molecule has 1 aromatic heterocycles. The zero-order valence-electron chi connectivity index (χ0n) is 18.7. The highest BCUT2D eigenvalue weighted by Gasteiger charge is 2.20. The number of hydrogen-bond donors (Lipinski definition) is 2. The molecule has 0 bridgehead atoms. The zero-order valence-corrected chi connectivity index (χ0v) is 19.5. The summed E-state index contributed by atoms with van der Waals surface area (Å²) in [4.78, 5) is 24.5. The largest absolute Gasteiger partial charge is 0.490 e. The van der Waals surface area contributed by atoms with Crippen molar-refractivity contribution in [2.75, 3.05) is 30.0 Å². The van der Waals surface area contributed by atoms with E-state index in [0.29, 0.717) is 36.3 Å². The molecular weight excluding hydrogens is 418 g/mol. The Labute approximate surface area is 187 Å². The van der Waals surface area contributed by atoms with E-state index in [-0.39, 0.29) is 35.3 Å². The second-order valence-electron chi connectivity index (χ2n) is 7.23. The standard InChI is InChI=1S/C22H31N3O5S/c1-6-28-17-9-8-16(11-18(17)29-7-2)22(14(3)4)24-21(27)13-31-12-20(26)23-19-10-15(5)30-25-19/h8-11,14,22H,6-7,12-13H2,1-5H3,(H,24,27)(H,23,25,26). The number of hydrogen-bond acceptors (Lipinski definition) is 7. The lowest BCUT2D eigenvalue weighted by molar-refractivity contribution is -0.119. The van der Waals surface area contributed by atoms with Gasteiger partial charge in [0.25, 0.3) is 0 Å². The molecule has 2 rings (SSSR count). The number of nitrogens with zero attached hydrogens (tertiary/aromatic N) is 1. The number of benzene rings is 1. The van der Waals surface area contributed by atoms with Gasteiger partial charge < -0.3 is 24.6 Å². The summed E-state index contributed by atoms with van der Waals surface area (Å²) in [7, 11) is 0.